The third-order valence-electron chi connectivity index (χ3n) is 5.29. The molecule has 3 rings (SSSR count). The second-order valence-corrected chi connectivity index (χ2v) is 7.54. The van der Waals surface area contributed by atoms with Gasteiger partial charge in [-0.1, -0.05) is 48.5 Å². The zero-order valence-corrected chi connectivity index (χ0v) is 17.4. The standard InChI is InChI=1S/C23H28N4O3/c1-3-18-6-10-21(11-7-18)27-14-22(25-26-27)20-8-4-19(5-9-20)12-13-23(15-28,16-29)24-17(2)30/h4-11,14,28-29H,3,12-13,15-16H2,1-2H3,(H,24,30). The van der Waals surface area contributed by atoms with Crippen LogP contribution in [0, 0.1) is 0 Å². The van der Waals surface area contributed by atoms with Crippen LogP contribution in [0.3, 0.4) is 0 Å². The molecule has 7 nitrogen and oxygen atoms in total. The molecule has 158 valence electrons. The topological polar surface area (TPSA) is 100 Å². The lowest BCUT2D eigenvalue weighted by Crippen LogP contribution is -2.53. The highest BCUT2D eigenvalue weighted by Gasteiger charge is 2.29. The van der Waals surface area contributed by atoms with Gasteiger partial charge in [-0.15, -0.1) is 5.10 Å². The van der Waals surface area contributed by atoms with Gasteiger partial charge in [-0.25, -0.2) is 4.68 Å². The van der Waals surface area contributed by atoms with E-state index in [2.05, 4.69) is 34.7 Å². The summed E-state index contributed by atoms with van der Waals surface area (Å²) in [5.41, 5.74) is 4.00. The molecule has 7 heteroatoms. The summed E-state index contributed by atoms with van der Waals surface area (Å²) in [6.07, 6.45) is 3.94. The molecule has 1 aromatic heterocycles. The van der Waals surface area contributed by atoms with Crippen LogP contribution >= 0.6 is 0 Å². The first kappa shape index (κ1) is 21.7. The van der Waals surface area contributed by atoms with Crippen LogP contribution < -0.4 is 5.32 Å². The van der Waals surface area contributed by atoms with Crippen molar-refractivity contribution in [2.24, 2.45) is 0 Å². The summed E-state index contributed by atoms with van der Waals surface area (Å²) in [5, 5.41) is 30.4. The monoisotopic (exact) mass is 408 g/mol. The molecule has 0 fully saturated rings. The number of amides is 1. The molecule has 1 amide bonds. The molecule has 0 aliphatic rings. The Bertz CT molecular complexity index is 961. The normalized spacial score (nSPS) is 11.5. The van der Waals surface area contributed by atoms with Crippen molar-refractivity contribution in [2.45, 2.75) is 38.6 Å². The first-order valence-electron chi connectivity index (χ1n) is 10.1. The van der Waals surface area contributed by atoms with E-state index in [-0.39, 0.29) is 19.1 Å². The third-order valence-corrected chi connectivity index (χ3v) is 5.29. The number of benzene rings is 2. The van der Waals surface area contributed by atoms with Gasteiger partial charge in [0, 0.05) is 12.5 Å². The fourth-order valence-corrected chi connectivity index (χ4v) is 3.36. The summed E-state index contributed by atoms with van der Waals surface area (Å²) in [4.78, 5) is 11.4. The largest absolute Gasteiger partial charge is 0.394 e. The van der Waals surface area contributed by atoms with Crippen LogP contribution in [0.15, 0.2) is 54.7 Å². The van der Waals surface area contributed by atoms with Crippen LogP contribution in [0.25, 0.3) is 16.9 Å². The van der Waals surface area contributed by atoms with Gasteiger partial charge < -0.3 is 15.5 Å². The molecule has 30 heavy (non-hydrogen) atoms. The Labute approximate surface area is 176 Å². The number of hydrogen-bond acceptors (Lipinski definition) is 5. The van der Waals surface area contributed by atoms with Gasteiger partial charge in [-0.2, -0.15) is 0 Å². The van der Waals surface area contributed by atoms with Crippen LogP contribution in [-0.4, -0.2) is 49.9 Å². The van der Waals surface area contributed by atoms with Crippen LogP contribution in [0.2, 0.25) is 0 Å². The summed E-state index contributed by atoms with van der Waals surface area (Å²) in [5.74, 6) is -0.277. The highest BCUT2D eigenvalue weighted by molar-refractivity contribution is 5.73. The van der Waals surface area contributed by atoms with E-state index in [9.17, 15) is 15.0 Å². The van der Waals surface area contributed by atoms with E-state index in [1.54, 1.807) is 4.68 Å². The van der Waals surface area contributed by atoms with E-state index in [4.69, 9.17) is 0 Å². The van der Waals surface area contributed by atoms with E-state index in [0.29, 0.717) is 12.8 Å². The molecule has 0 atom stereocenters. The Morgan fingerprint density at radius 3 is 2.23 bits per heavy atom. The number of aryl methyl sites for hydroxylation is 2. The van der Waals surface area contributed by atoms with Gasteiger partial charge in [-0.3, -0.25) is 4.79 Å². The quantitative estimate of drug-likeness (QED) is 0.504. The second-order valence-electron chi connectivity index (χ2n) is 7.54. The number of nitrogens with zero attached hydrogens (tertiary/aromatic N) is 3. The maximum absolute atomic E-state index is 11.4. The molecule has 1 heterocycles. The van der Waals surface area contributed by atoms with Crippen LogP contribution in [0.1, 0.15) is 31.4 Å². The van der Waals surface area contributed by atoms with Gasteiger partial charge in [0.15, 0.2) is 0 Å². The maximum atomic E-state index is 11.4. The Kier molecular flexibility index (Phi) is 6.97. The molecule has 2 aromatic carbocycles. The maximum Gasteiger partial charge on any atom is 0.217 e. The van der Waals surface area contributed by atoms with Crippen molar-refractivity contribution in [3.8, 4) is 16.9 Å². The molecule has 0 saturated heterocycles. The lowest BCUT2D eigenvalue weighted by Gasteiger charge is -2.30. The van der Waals surface area contributed by atoms with Gasteiger partial charge in [0.25, 0.3) is 0 Å². The first-order chi connectivity index (χ1) is 14.5. The first-order valence-corrected chi connectivity index (χ1v) is 10.1. The number of rotatable bonds is 9. The zero-order valence-electron chi connectivity index (χ0n) is 17.4. The number of carbonyl (C=O) groups excluding carboxylic acids is 1. The number of nitrogens with one attached hydrogen (secondary N) is 1. The van der Waals surface area contributed by atoms with E-state index in [1.165, 1.54) is 12.5 Å². The smallest absolute Gasteiger partial charge is 0.217 e. The minimum atomic E-state index is -1.01. The zero-order chi connectivity index (χ0) is 21.6. The predicted octanol–water partition coefficient (Wildman–Crippen LogP) is 2.29. The molecule has 0 aliphatic heterocycles. The lowest BCUT2D eigenvalue weighted by atomic mass is 9.92. The van der Waals surface area contributed by atoms with Crippen molar-refractivity contribution in [2.75, 3.05) is 13.2 Å². The molecule has 3 N–H and O–H groups in total. The number of aliphatic hydroxyl groups is 2. The summed E-state index contributed by atoms with van der Waals surface area (Å²) in [7, 11) is 0. The third kappa shape index (κ3) is 5.11. The van der Waals surface area contributed by atoms with Gasteiger partial charge in [0.2, 0.25) is 5.91 Å². The van der Waals surface area contributed by atoms with Crippen molar-refractivity contribution < 1.29 is 15.0 Å². The van der Waals surface area contributed by atoms with Gasteiger partial charge >= 0.3 is 0 Å². The molecular weight excluding hydrogens is 380 g/mol. The van der Waals surface area contributed by atoms with E-state index in [0.717, 1.165) is 28.9 Å². The number of hydrogen-bond donors (Lipinski definition) is 3. The fourth-order valence-electron chi connectivity index (χ4n) is 3.36. The van der Waals surface area contributed by atoms with Crippen LogP contribution in [-0.2, 0) is 17.6 Å². The minimum absolute atomic E-state index is 0.277. The molecule has 0 radical (unpaired) electrons. The highest BCUT2D eigenvalue weighted by Crippen LogP contribution is 2.21. The molecule has 0 bridgehead atoms. The van der Waals surface area contributed by atoms with Crippen molar-refractivity contribution in [3.05, 3.63) is 65.9 Å². The van der Waals surface area contributed by atoms with Gasteiger partial charge in [0.1, 0.15) is 5.69 Å². The average Bonchev–Trinajstić information content (AvgIpc) is 3.27. The summed E-state index contributed by atoms with van der Waals surface area (Å²) >= 11 is 0. The molecule has 0 unspecified atom stereocenters. The molecular formula is C23H28N4O3. The van der Waals surface area contributed by atoms with Crippen LogP contribution in [0.5, 0.6) is 0 Å². The summed E-state index contributed by atoms with van der Waals surface area (Å²) in [6, 6.07) is 16.2. The van der Waals surface area contributed by atoms with Crippen LogP contribution in [0.4, 0.5) is 0 Å². The van der Waals surface area contributed by atoms with E-state index in [1.807, 2.05) is 42.6 Å². The number of aliphatic hydroxyl groups excluding tert-OH is 2. The number of aromatic nitrogens is 3. The average molecular weight is 409 g/mol. The van der Waals surface area contributed by atoms with Crippen molar-refractivity contribution in [1.29, 1.82) is 0 Å². The summed E-state index contributed by atoms with van der Waals surface area (Å²) < 4.78 is 1.76. The number of carbonyl (C=O) groups is 1. The SMILES string of the molecule is CCc1ccc(-n2cc(-c3ccc(CCC(CO)(CO)NC(C)=O)cc3)nn2)cc1. The molecule has 3 aromatic rings. The Balaban J connectivity index is 1.68. The molecule has 0 spiro atoms. The van der Waals surface area contributed by atoms with E-state index < -0.39 is 5.54 Å². The van der Waals surface area contributed by atoms with Gasteiger partial charge in [-0.05, 0) is 42.5 Å². The summed E-state index contributed by atoms with van der Waals surface area (Å²) in [6.45, 7) is 2.87. The van der Waals surface area contributed by atoms with Crippen molar-refractivity contribution in [1.82, 2.24) is 20.3 Å². The van der Waals surface area contributed by atoms with Gasteiger partial charge in [0.05, 0.1) is 30.6 Å². The minimum Gasteiger partial charge on any atom is -0.394 e. The molecule has 0 aliphatic carbocycles. The van der Waals surface area contributed by atoms with Crippen molar-refractivity contribution in [3.63, 3.8) is 0 Å². The predicted molar refractivity (Wildman–Crippen MR) is 115 cm³/mol. The molecule has 0 saturated carbocycles. The van der Waals surface area contributed by atoms with Crippen molar-refractivity contribution >= 4 is 5.91 Å². The fraction of sp³-hybridized carbons (Fsp3) is 0.348. The Hall–Kier alpha value is -3.03. The Morgan fingerprint density at radius 1 is 1.03 bits per heavy atom. The second kappa shape index (κ2) is 9.65. The Morgan fingerprint density at radius 2 is 1.67 bits per heavy atom. The van der Waals surface area contributed by atoms with E-state index >= 15 is 0 Å². The lowest BCUT2D eigenvalue weighted by molar-refractivity contribution is -0.122. The highest BCUT2D eigenvalue weighted by atomic mass is 16.3.